The summed E-state index contributed by atoms with van der Waals surface area (Å²) in [5.41, 5.74) is 2.58. The Morgan fingerprint density at radius 1 is 1.12 bits per heavy atom. The van der Waals surface area contributed by atoms with E-state index in [1.807, 2.05) is 18.4 Å². The number of morpholine rings is 1. The van der Waals surface area contributed by atoms with E-state index in [0.29, 0.717) is 24.3 Å². The van der Waals surface area contributed by atoms with E-state index in [0.717, 1.165) is 43.3 Å². The predicted octanol–water partition coefficient (Wildman–Crippen LogP) is 2.70. The molecule has 32 heavy (non-hydrogen) atoms. The third-order valence-electron chi connectivity index (χ3n) is 5.36. The first-order chi connectivity index (χ1) is 15.6. The van der Waals surface area contributed by atoms with Crippen molar-refractivity contribution in [2.24, 2.45) is 0 Å². The zero-order valence-corrected chi connectivity index (χ0v) is 19.5. The molecule has 2 amide bonds. The topological polar surface area (TPSA) is 79.9 Å². The molecule has 0 aliphatic carbocycles. The number of methoxy groups -OCH3 is 1. The number of para-hydroxylation sites is 1. The van der Waals surface area contributed by atoms with E-state index in [9.17, 15) is 9.59 Å². The molecule has 1 saturated heterocycles. The van der Waals surface area contributed by atoms with Crippen molar-refractivity contribution in [3.05, 3.63) is 59.7 Å². The van der Waals surface area contributed by atoms with Gasteiger partial charge < -0.3 is 25.0 Å². The number of amides is 2. The Hall–Kier alpha value is -2.71. The minimum atomic E-state index is -0.618. The van der Waals surface area contributed by atoms with Gasteiger partial charge in [-0.2, -0.15) is 11.8 Å². The molecule has 2 N–H and O–H groups in total. The van der Waals surface area contributed by atoms with E-state index in [2.05, 4.69) is 27.7 Å². The number of hydrogen-bond donors (Lipinski definition) is 2. The fraction of sp³-hybridized carbons (Fsp3) is 0.417. The highest BCUT2D eigenvalue weighted by Gasteiger charge is 2.22. The van der Waals surface area contributed by atoms with E-state index in [1.165, 1.54) is 7.11 Å². The number of nitrogens with zero attached hydrogens (tertiary/aromatic N) is 1. The first kappa shape index (κ1) is 23.9. The molecule has 3 rings (SSSR count). The number of thioether (sulfide) groups is 1. The molecule has 1 aliphatic rings. The monoisotopic (exact) mass is 457 g/mol. The number of hydrogen-bond acceptors (Lipinski definition) is 6. The van der Waals surface area contributed by atoms with Crippen LogP contribution in [-0.4, -0.2) is 63.3 Å². The van der Waals surface area contributed by atoms with Crippen molar-refractivity contribution in [2.75, 3.05) is 50.3 Å². The molecule has 7 nitrogen and oxygen atoms in total. The van der Waals surface area contributed by atoms with Crippen LogP contribution in [0.3, 0.4) is 0 Å². The maximum atomic E-state index is 12.9. The number of ether oxygens (including phenoxy) is 2. The number of benzene rings is 2. The summed E-state index contributed by atoms with van der Waals surface area (Å²) < 4.78 is 10.7. The summed E-state index contributed by atoms with van der Waals surface area (Å²) in [7, 11) is 1.52. The molecular formula is C24H31N3O4S. The Bertz CT molecular complexity index is 885. The molecule has 2 aromatic carbocycles. The fourth-order valence-electron chi connectivity index (χ4n) is 3.53. The maximum Gasteiger partial charge on any atom is 0.255 e. The van der Waals surface area contributed by atoms with Gasteiger partial charge in [0.15, 0.2) is 0 Å². The lowest BCUT2D eigenvalue weighted by Crippen LogP contribution is -2.47. The van der Waals surface area contributed by atoms with Crippen LogP contribution in [0.25, 0.3) is 0 Å². The molecule has 2 aromatic rings. The van der Waals surface area contributed by atoms with Gasteiger partial charge in [0.2, 0.25) is 5.91 Å². The molecular weight excluding hydrogens is 426 g/mol. The predicted molar refractivity (Wildman–Crippen MR) is 129 cm³/mol. The van der Waals surface area contributed by atoms with Gasteiger partial charge in [0.05, 0.1) is 25.9 Å². The summed E-state index contributed by atoms with van der Waals surface area (Å²) in [5, 5.41) is 5.83. The average molecular weight is 458 g/mol. The van der Waals surface area contributed by atoms with Gasteiger partial charge in [-0.25, -0.2) is 0 Å². The molecule has 8 heteroatoms. The normalized spacial score (nSPS) is 14.5. The highest BCUT2D eigenvalue weighted by molar-refractivity contribution is 7.98. The van der Waals surface area contributed by atoms with Gasteiger partial charge in [-0.3, -0.25) is 9.59 Å². The van der Waals surface area contributed by atoms with E-state index in [1.54, 1.807) is 36.0 Å². The summed E-state index contributed by atoms with van der Waals surface area (Å²) in [5.74, 6) is 0.728. The molecule has 0 saturated carbocycles. The van der Waals surface area contributed by atoms with Gasteiger partial charge in [0.1, 0.15) is 11.8 Å². The van der Waals surface area contributed by atoms with Gasteiger partial charge in [0, 0.05) is 25.3 Å². The van der Waals surface area contributed by atoms with Gasteiger partial charge in [-0.15, -0.1) is 0 Å². The molecule has 0 radical (unpaired) electrons. The largest absolute Gasteiger partial charge is 0.496 e. The van der Waals surface area contributed by atoms with Crippen LogP contribution in [0, 0.1) is 0 Å². The summed E-state index contributed by atoms with van der Waals surface area (Å²) >= 11 is 1.64. The molecule has 0 spiro atoms. The summed E-state index contributed by atoms with van der Waals surface area (Å²) in [4.78, 5) is 27.9. The SMILES string of the molecule is COc1ccccc1C(=O)NC(CCSC)C(=O)NCc1ccc(N2CCOCC2)cc1. The summed E-state index contributed by atoms with van der Waals surface area (Å²) in [6, 6.07) is 14.6. The molecule has 172 valence electrons. The van der Waals surface area contributed by atoms with Gasteiger partial charge in [0.25, 0.3) is 5.91 Å². The van der Waals surface area contributed by atoms with Crippen molar-refractivity contribution in [1.29, 1.82) is 0 Å². The second-order valence-corrected chi connectivity index (χ2v) is 8.48. The van der Waals surface area contributed by atoms with E-state index in [4.69, 9.17) is 9.47 Å². The Balaban J connectivity index is 1.58. The highest BCUT2D eigenvalue weighted by Crippen LogP contribution is 2.18. The van der Waals surface area contributed by atoms with E-state index < -0.39 is 6.04 Å². The minimum absolute atomic E-state index is 0.195. The van der Waals surface area contributed by atoms with Crippen LogP contribution in [0.2, 0.25) is 0 Å². The van der Waals surface area contributed by atoms with Crippen LogP contribution in [0.5, 0.6) is 5.75 Å². The lowest BCUT2D eigenvalue weighted by atomic mass is 10.1. The third kappa shape index (κ3) is 6.64. The Labute approximate surface area is 193 Å². The average Bonchev–Trinajstić information content (AvgIpc) is 2.85. The van der Waals surface area contributed by atoms with Crippen LogP contribution < -0.4 is 20.3 Å². The molecule has 1 fully saturated rings. The van der Waals surface area contributed by atoms with Crippen LogP contribution in [0.1, 0.15) is 22.3 Å². The van der Waals surface area contributed by atoms with E-state index in [-0.39, 0.29) is 11.8 Å². The van der Waals surface area contributed by atoms with Crippen LogP contribution in [0.15, 0.2) is 48.5 Å². The Morgan fingerprint density at radius 3 is 2.53 bits per heavy atom. The first-order valence-corrected chi connectivity index (χ1v) is 12.1. The molecule has 0 bridgehead atoms. The van der Waals surface area contributed by atoms with E-state index >= 15 is 0 Å². The molecule has 1 heterocycles. The van der Waals surface area contributed by atoms with Crippen LogP contribution >= 0.6 is 11.8 Å². The number of carbonyl (C=O) groups excluding carboxylic acids is 2. The lowest BCUT2D eigenvalue weighted by Gasteiger charge is -2.29. The Morgan fingerprint density at radius 2 is 1.84 bits per heavy atom. The fourth-order valence-corrected chi connectivity index (χ4v) is 4.00. The van der Waals surface area contributed by atoms with Crippen molar-refractivity contribution in [1.82, 2.24) is 10.6 Å². The van der Waals surface area contributed by atoms with Crippen molar-refractivity contribution < 1.29 is 19.1 Å². The Kier molecular flexibility index (Phi) is 9.25. The molecule has 0 aromatic heterocycles. The first-order valence-electron chi connectivity index (χ1n) is 10.7. The van der Waals surface area contributed by atoms with Gasteiger partial charge in [-0.1, -0.05) is 24.3 Å². The smallest absolute Gasteiger partial charge is 0.255 e. The highest BCUT2D eigenvalue weighted by atomic mass is 32.2. The zero-order valence-electron chi connectivity index (χ0n) is 18.6. The lowest BCUT2D eigenvalue weighted by molar-refractivity contribution is -0.123. The van der Waals surface area contributed by atoms with Crippen LogP contribution in [-0.2, 0) is 16.1 Å². The third-order valence-corrected chi connectivity index (χ3v) is 6.01. The minimum Gasteiger partial charge on any atom is -0.496 e. The number of nitrogens with one attached hydrogen (secondary N) is 2. The second-order valence-electron chi connectivity index (χ2n) is 7.49. The molecule has 1 aliphatic heterocycles. The molecule has 1 unspecified atom stereocenters. The summed E-state index contributed by atoms with van der Waals surface area (Å²) in [6.07, 6.45) is 2.52. The van der Waals surface area contributed by atoms with Crippen molar-refractivity contribution in [3.63, 3.8) is 0 Å². The van der Waals surface area contributed by atoms with Crippen molar-refractivity contribution >= 4 is 29.3 Å². The molecule has 1 atom stereocenters. The quantitative estimate of drug-likeness (QED) is 0.571. The second kappa shape index (κ2) is 12.4. The van der Waals surface area contributed by atoms with Crippen molar-refractivity contribution in [3.8, 4) is 5.75 Å². The standard InChI is InChI=1S/C24H31N3O4S/c1-30-22-6-4-3-5-20(22)23(28)26-21(11-16-32-2)24(29)25-17-18-7-9-19(10-8-18)27-12-14-31-15-13-27/h3-10,21H,11-17H2,1-2H3,(H,25,29)(H,26,28). The maximum absolute atomic E-state index is 12.9. The van der Waals surface area contributed by atoms with Crippen molar-refractivity contribution in [2.45, 2.75) is 19.0 Å². The number of carbonyl (C=O) groups is 2. The van der Waals surface area contributed by atoms with Gasteiger partial charge in [-0.05, 0) is 48.3 Å². The van der Waals surface area contributed by atoms with Crippen LogP contribution in [0.4, 0.5) is 5.69 Å². The number of rotatable bonds is 10. The zero-order chi connectivity index (χ0) is 22.8. The summed E-state index contributed by atoms with van der Waals surface area (Å²) in [6.45, 7) is 3.67. The number of anilines is 1. The van der Waals surface area contributed by atoms with Gasteiger partial charge >= 0.3 is 0 Å².